The highest BCUT2D eigenvalue weighted by Gasteiger charge is 2.24. The Morgan fingerprint density at radius 2 is 1.35 bits per heavy atom. The first kappa shape index (κ1) is 34.5. The molecular formula is C42H33ClN2O6. The maximum atomic E-state index is 13.5. The van der Waals surface area contributed by atoms with Crippen molar-refractivity contribution in [1.29, 1.82) is 0 Å². The van der Waals surface area contributed by atoms with Crippen molar-refractivity contribution in [2.75, 3.05) is 5.32 Å². The van der Waals surface area contributed by atoms with Crippen LogP contribution in [0, 0.1) is 0 Å². The molecule has 0 saturated heterocycles. The lowest BCUT2D eigenvalue weighted by atomic mass is 9.99. The number of para-hydroxylation sites is 2. The molecule has 9 heteroatoms. The predicted molar refractivity (Wildman–Crippen MR) is 198 cm³/mol. The molecule has 2 amide bonds. The number of carboxylic acids is 1. The van der Waals surface area contributed by atoms with Crippen LogP contribution in [0.1, 0.15) is 31.8 Å². The fourth-order valence-corrected chi connectivity index (χ4v) is 5.55. The highest BCUT2D eigenvalue weighted by molar-refractivity contribution is 6.31. The molecule has 0 spiro atoms. The van der Waals surface area contributed by atoms with Crippen molar-refractivity contribution >= 4 is 35.1 Å². The van der Waals surface area contributed by atoms with E-state index in [0.717, 1.165) is 16.7 Å². The van der Waals surface area contributed by atoms with Crippen molar-refractivity contribution in [2.45, 2.75) is 19.1 Å². The van der Waals surface area contributed by atoms with Gasteiger partial charge in [-0.05, 0) is 71.3 Å². The molecule has 6 aromatic carbocycles. The summed E-state index contributed by atoms with van der Waals surface area (Å²) in [5.41, 5.74) is 3.93. The van der Waals surface area contributed by atoms with E-state index in [1.807, 2.05) is 109 Å². The summed E-state index contributed by atoms with van der Waals surface area (Å²) in [7, 11) is 0. The van der Waals surface area contributed by atoms with Crippen LogP contribution in [0.15, 0.2) is 152 Å². The molecule has 0 fully saturated rings. The lowest BCUT2D eigenvalue weighted by molar-refractivity contribution is -0.139. The van der Waals surface area contributed by atoms with Gasteiger partial charge in [0.1, 0.15) is 29.9 Å². The first-order valence-corrected chi connectivity index (χ1v) is 16.5. The molecule has 0 aliphatic rings. The van der Waals surface area contributed by atoms with Crippen molar-refractivity contribution in [3.8, 4) is 28.4 Å². The van der Waals surface area contributed by atoms with Gasteiger partial charge in [-0.15, -0.1) is 0 Å². The standard InChI is InChI=1S/C42H33ClN2O6/c43-32-22-23-37(44-40(46)31-12-9-15-34(25-31)50-27-29-10-3-1-4-11-29)36(26-32)41(47)45-38(42(48)49)24-28-18-20-30(21-19-28)35-16-7-8-17-39(35)51-33-13-5-2-6-14-33/h1-23,25-26,38H,24,27H2,(H,44,46)(H,45,47)(H,48,49)/t38-/m0/s1. The molecule has 6 aromatic rings. The molecule has 3 N–H and O–H groups in total. The highest BCUT2D eigenvalue weighted by Crippen LogP contribution is 2.33. The van der Waals surface area contributed by atoms with E-state index >= 15 is 0 Å². The van der Waals surface area contributed by atoms with E-state index in [-0.39, 0.29) is 22.7 Å². The Morgan fingerprint density at radius 3 is 2.10 bits per heavy atom. The summed E-state index contributed by atoms with van der Waals surface area (Å²) in [5, 5.41) is 15.7. The van der Waals surface area contributed by atoms with E-state index in [9.17, 15) is 19.5 Å². The molecule has 0 bridgehead atoms. The molecule has 254 valence electrons. The molecule has 0 aliphatic heterocycles. The zero-order valence-corrected chi connectivity index (χ0v) is 28.0. The van der Waals surface area contributed by atoms with E-state index in [4.69, 9.17) is 21.1 Å². The number of hydrogen-bond donors (Lipinski definition) is 3. The van der Waals surface area contributed by atoms with Gasteiger partial charge in [0, 0.05) is 22.6 Å². The predicted octanol–water partition coefficient (Wildman–Crippen LogP) is 9.06. The second-order valence-electron chi connectivity index (χ2n) is 11.6. The van der Waals surface area contributed by atoms with Gasteiger partial charge in [0.2, 0.25) is 0 Å². The van der Waals surface area contributed by atoms with E-state index in [0.29, 0.717) is 35.0 Å². The molecule has 0 radical (unpaired) electrons. The number of ether oxygens (including phenoxy) is 2. The average molecular weight is 697 g/mol. The molecule has 0 heterocycles. The number of halogens is 1. The van der Waals surface area contributed by atoms with Crippen molar-refractivity contribution in [3.63, 3.8) is 0 Å². The summed E-state index contributed by atoms with van der Waals surface area (Å²) in [6, 6.07) is 44.0. The van der Waals surface area contributed by atoms with Crippen LogP contribution in [0.2, 0.25) is 5.02 Å². The molecular weight excluding hydrogens is 664 g/mol. The number of benzene rings is 6. The SMILES string of the molecule is O=C(Nc1ccc(Cl)cc1C(=O)N[C@@H](Cc1ccc(-c2ccccc2Oc2ccccc2)cc1)C(=O)O)c1cccc(OCc2ccccc2)c1. The number of rotatable bonds is 13. The monoisotopic (exact) mass is 696 g/mol. The largest absolute Gasteiger partial charge is 0.489 e. The Balaban J connectivity index is 1.13. The molecule has 0 aliphatic carbocycles. The average Bonchev–Trinajstić information content (AvgIpc) is 3.16. The second-order valence-corrected chi connectivity index (χ2v) is 12.1. The molecule has 8 nitrogen and oxygen atoms in total. The molecule has 51 heavy (non-hydrogen) atoms. The summed E-state index contributed by atoms with van der Waals surface area (Å²) in [5.74, 6) is -0.509. The van der Waals surface area contributed by atoms with Crippen LogP contribution in [0.25, 0.3) is 11.1 Å². The van der Waals surface area contributed by atoms with Gasteiger partial charge in [0.25, 0.3) is 11.8 Å². The number of aliphatic carboxylic acids is 1. The van der Waals surface area contributed by atoms with E-state index in [1.54, 1.807) is 24.3 Å². The van der Waals surface area contributed by atoms with Gasteiger partial charge in [0.05, 0.1) is 11.3 Å². The lowest BCUT2D eigenvalue weighted by Crippen LogP contribution is -2.42. The van der Waals surface area contributed by atoms with Crippen LogP contribution in [0.4, 0.5) is 5.69 Å². The Labute approximate surface area is 300 Å². The van der Waals surface area contributed by atoms with Crippen molar-refractivity contribution < 1.29 is 29.0 Å². The quantitative estimate of drug-likeness (QED) is 0.111. The fraction of sp³-hybridized carbons (Fsp3) is 0.0714. The van der Waals surface area contributed by atoms with E-state index in [1.165, 1.54) is 18.2 Å². The maximum absolute atomic E-state index is 13.5. The number of nitrogens with one attached hydrogen (secondary N) is 2. The Morgan fingerprint density at radius 1 is 0.667 bits per heavy atom. The minimum Gasteiger partial charge on any atom is -0.489 e. The smallest absolute Gasteiger partial charge is 0.326 e. The van der Waals surface area contributed by atoms with Crippen LogP contribution in [0.3, 0.4) is 0 Å². The Hall–Kier alpha value is -6.38. The Kier molecular flexibility index (Phi) is 11.1. The molecule has 0 aromatic heterocycles. The highest BCUT2D eigenvalue weighted by atomic mass is 35.5. The summed E-state index contributed by atoms with van der Waals surface area (Å²) in [6.45, 7) is 0.333. The van der Waals surface area contributed by atoms with E-state index < -0.39 is 23.8 Å². The van der Waals surface area contributed by atoms with Crippen LogP contribution in [-0.2, 0) is 17.8 Å². The fourth-order valence-electron chi connectivity index (χ4n) is 5.38. The van der Waals surface area contributed by atoms with Crippen molar-refractivity contribution in [3.05, 3.63) is 179 Å². The minimum atomic E-state index is -1.27. The summed E-state index contributed by atoms with van der Waals surface area (Å²) in [4.78, 5) is 39.1. The van der Waals surface area contributed by atoms with Crippen LogP contribution in [-0.4, -0.2) is 28.9 Å². The van der Waals surface area contributed by atoms with Gasteiger partial charge in [-0.1, -0.05) is 109 Å². The summed E-state index contributed by atoms with van der Waals surface area (Å²) >= 11 is 6.24. The number of hydrogen-bond acceptors (Lipinski definition) is 5. The zero-order chi connectivity index (χ0) is 35.6. The first-order valence-electron chi connectivity index (χ1n) is 16.1. The normalized spacial score (nSPS) is 11.2. The number of carbonyl (C=O) groups excluding carboxylic acids is 2. The second kappa shape index (κ2) is 16.3. The maximum Gasteiger partial charge on any atom is 0.326 e. The van der Waals surface area contributed by atoms with Gasteiger partial charge < -0.3 is 25.2 Å². The minimum absolute atomic E-state index is 0.0154. The Bertz CT molecular complexity index is 2140. The summed E-state index contributed by atoms with van der Waals surface area (Å²) in [6.07, 6.45) is 0.0154. The number of anilines is 1. The molecule has 6 rings (SSSR count). The lowest BCUT2D eigenvalue weighted by Gasteiger charge is -2.17. The van der Waals surface area contributed by atoms with Gasteiger partial charge in [-0.3, -0.25) is 9.59 Å². The third-order valence-corrected chi connectivity index (χ3v) is 8.22. The number of carbonyl (C=O) groups is 3. The zero-order valence-electron chi connectivity index (χ0n) is 27.3. The van der Waals surface area contributed by atoms with Gasteiger partial charge >= 0.3 is 5.97 Å². The third kappa shape index (κ3) is 9.20. The van der Waals surface area contributed by atoms with Crippen molar-refractivity contribution in [1.82, 2.24) is 5.32 Å². The summed E-state index contributed by atoms with van der Waals surface area (Å²) < 4.78 is 12.0. The van der Waals surface area contributed by atoms with Crippen LogP contribution >= 0.6 is 11.6 Å². The van der Waals surface area contributed by atoms with Gasteiger partial charge in [0.15, 0.2) is 0 Å². The number of carboxylic acid groups (broad SMARTS) is 1. The third-order valence-electron chi connectivity index (χ3n) is 7.99. The first-order chi connectivity index (χ1) is 24.8. The van der Waals surface area contributed by atoms with Crippen LogP contribution in [0.5, 0.6) is 17.2 Å². The van der Waals surface area contributed by atoms with Gasteiger partial charge in [-0.2, -0.15) is 0 Å². The topological polar surface area (TPSA) is 114 Å². The van der Waals surface area contributed by atoms with Gasteiger partial charge in [-0.25, -0.2) is 4.79 Å². The molecule has 0 saturated carbocycles. The van der Waals surface area contributed by atoms with E-state index in [2.05, 4.69) is 10.6 Å². The molecule has 1 atom stereocenters. The van der Waals surface area contributed by atoms with Crippen molar-refractivity contribution in [2.24, 2.45) is 0 Å². The van der Waals surface area contributed by atoms with Crippen LogP contribution < -0.4 is 20.1 Å². The number of amides is 2. The molecule has 0 unspecified atom stereocenters.